The molecule has 0 saturated heterocycles. The number of ether oxygens (including phenoxy) is 3. The number of benzene rings is 2. The second-order valence-corrected chi connectivity index (χ2v) is 7.00. The van der Waals surface area contributed by atoms with Crippen LogP contribution in [0.25, 0.3) is 0 Å². The summed E-state index contributed by atoms with van der Waals surface area (Å²) < 4.78 is 14.9. The zero-order valence-corrected chi connectivity index (χ0v) is 19.7. The highest BCUT2D eigenvalue weighted by Crippen LogP contribution is 2.33. The first kappa shape index (κ1) is 26.1. The number of ketones is 1. The van der Waals surface area contributed by atoms with Crippen molar-refractivity contribution in [3.63, 3.8) is 0 Å². The Bertz CT molecular complexity index is 1200. The van der Waals surface area contributed by atoms with Crippen LogP contribution in [0.3, 0.4) is 0 Å². The van der Waals surface area contributed by atoms with Gasteiger partial charge in [0.2, 0.25) is 0 Å². The molecule has 10 heteroatoms. The number of nitrogens with one attached hydrogen (secondary N) is 1. The summed E-state index contributed by atoms with van der Waals surface area (Å²) in [6.07, 6.45) is 1.39. The Morgan fingerprint density at radius 2 is 1.59 bits per heavy atom. The summed E-state index contributed by atoms with van der Waals surface area (Å²) in [6, 6.07) is 13.0. The molecule has 0 atom stereocenters. The number of carbonyl (C=O) groups excluding carboxylic acids is 2. The summed E-state index contributed by atoms with van der Waals surface area (Å²) in [5.74, 6) is -0.964. The van der Waals surface area contributed by atoms with Crippen LogP contribution in [0.15, 0.2) is 54.7 Å². The van der Waals surface area contributed by atoms with Crippen molar-refractivity contribution in [1.29, 1.82) is 0 Å². The summed E-state index contributed by atoms with van der Waals surface area (Å²) in [7, 11) is 4.18. The van der Waals surface area contributed by atoms with Crippen LogP contribution >= 0.6 is 11.6 Å². The first-order valence-corrected chi connectivity index (χ1v) is 10.2. The molecule has 0 spiro atoms. The molecule has 3 aromatic rings. The van der Waals surface area contributed by atoms with Gasteiger partial charge in [0.15, 0.2) is 11.5 Å². The van der Waals surface area contributed by atoms with E-state index in [1.807, 2.05) is 0 Å². The lowest BCUT2D eigenvalue weighted by atomic mass is 10.1. The summed E-state index contributed by atoms with van der Waals surface area (Å²) in [5, 5.41) is 11.9. The highest BCUT2D eigenvalue weighted by atomic mass is 35.5. The minimum absolute atomic E-state index is 0.167. The summed E-state index contributed by atoms with van der Waals surface area (Å²) in [6.45, 7) is 1.43. The molecule has 0 saturated carbocycles. The lowest BCUT2D eigenvalue weighted by Gasteiger charge is -2.15. The fourth-order valence-electron chi connectivity index (χ4n) is 2.91. The zero-order valence-electron chi connectivity index (χ0n) is 18.9. The fourth-order valence-corrected chi connectivity index (χ4v) is 3.06. The van der Waals surface area contributed by atoms with Crippen molar-refractivity contribution in [3.05, 3.63) is 76.6 Å². The van der Waals surface area contributed by atoms with E-state index >= 15 is 0 Å². The maximum atomic E-state index is 11.8. The minimum Gasteiger partial charge on any atom is -0.496 e. The van der Waals surface area contributed by atoms with Crippen LogP contribution in [0.1, 0.15) is 38.0 Å². The van der Waals surface area contributed by atoms with Crippen molar-refractivity contribution >= 4 is 40.7 Å². The first-order valence-electron chi connectivity index (χ1n) is 9.78. The van der Waals surface area contributed by atoms with E-state index in [9.17, 15) is 14.4 Å². The van der Waals surface area contributed by atoms with E-state index in [0.29, 0.717) is 28.4 Å². The van der Waals surface area contributed by atoms with Gasteiger partial charge in [-0.1, -0.05) is 29.8 Å². The third-order valence-electron chi connectivity index (χ3n) is 4.48. The molecule has 0 bridgehead atoms. The Labute approximate surface area is 201 Å². The van der Waals surface area contributed by atoms with Gasteiger partial charge in [0.25, 0.3) is 0 Å². The van der Waals surface area contributed by atoms with Crippen LogP contribution in [0.5, 0.6) is 11.5 Å². The van der Waals surface area contributed by atoms with E-state index < -0.39 is 11.9 Å². The molecule has 0 unspecified atom stereocenters. The number of aromatic nitrogens is 1. The molecular weight excluding hydrogens is 464 g/mol. The molecule has 2 N–H and O–H groups in total. The maximum Gasteiger partial charge on any atom is 0.341 e. The lowest BCUT2D eigenvalue weighted by molar-refractivity contribution is 0.0596. The van der Waals surface area contributed by atoms with Gasteiger partial charge in [0, 0.05) is 6.20 Å². The topological polar surface area (TPSA) is 124 Å². The average Bonchev–Trinajstić information content (AvgIpc) is 2.83. The van der Waals surface area contributed by atoms with Crippen molar-refractivity contribution in [1.82, 2.24) is 4.98 Å². The van der Waals surface area contributed by atoms with E-state index in [2.05, 4.69) is 10.3 Å². The standard InChI is InChI=1S/C16H15ClN2O4.C8H8O3/c1-9(20)11-8-18-14(17)7-13(11)19-12-6-4-5-10(15(12)22-2)16(21)23-3;1-11-7-5-3-2-4-6(7)8(9)10/h4-8H,1-3H3,(H,18,19);2-5H,1H3,(H,9,10). The van der Waals surface area contributed by atoms with Crippen molar-refractivity contribution in [2.45, 2.75) is 6.92 Å². The predicted molar refractivity (Wildman–Crippen MR) is 127 cm³/mol. The molecule has 1 aromatic heterocycles. The number of carboxylic acid groups (broad SMARTS) is 1. The fraction of sp³-hybridized carbons (Fsp3) is 0.167. The Hall–Kier alpha value is -4.11. The molecule has 0 aliphatic heterocycles. The van der Waals surface area contributed by atoms with Gasteiger partial charge in [0.05, 0.1) is 38.3 Å². The number of Topliss-reactive ketones (excluding diaryl/α,β-unsaturated/α-hetero) is 1. The number of pyridine rings is 1. The summed E-state index contributed by atoms with van der Waals surface area (Å²) in [5.41, 5.74) is 1.80. The zero-order chi connectivity index (χ0) is 25.3. The van der Waals surface area contributed by atoms with Gasteiger partial charge in [-0.05, 0) is 37.3 Å². The van der Waals surface area contributed by atoms with E-state index in [0.717, 1.165) is 0 Å². The van der Waals surface area contributed by atoms with Crippen LogP contribution in [-0.2, 0) is 4.74 Å². The molecule has 1 heterocycles. The quantitative estimate of drug-likeness (QED) is 0.273. The number of methoxy groups -OCH3 is 3. The van der Waals surface area contributed by atoms with Gasteiger partial charge < -0.3 is 24.6 Å². The van der Waals surface area contributed by atoms with Gasteiger partial charge in [-0.2, -0.15) is 0 Å². The van der Waals surface area contributed by atoms with Crippen LogP contribution in [0.2, 0.25) is 5.15 Å². The number of para-hydroxylation sites is 2. The molecule has 0 fully saturated rings. The second kappa shape index (κ2) is 12.2. The van der Waals surface area contributed by atoms with Crippen LogP contribution in [-0.4, -0.2) is 49.1 Å². The van der Waals surface area contributed by atoms with Gasteiger partial charge in [-0.15, -0.1) is 0 Å². The van der Waals surface area contributed by atoms with Crippen LogP contribution < -0.4 is 14.8 Å². The number of carbonyl (C=O) groups is 3. The van der Waals surface area contributed by atoms with Crippen LogP contribution in [0, 0.1) is 0 Å². The number of nitrogens with zero attached hydrogens (tertiary/aromatic N) is 1. The monoisotopic (exact) mass is 486 g/mol. The summed E-state index contributed by atoms with van der Waals surface area (Å²) >= 11 is 5.90. The van der Waals surface area contributed by atoms with Gasteiger partial charge in [0.1, 0.15) is 22.0 Å². The Morgan fingerprint density at radius 3 is 2.15 bits per heavy atom. The molecule has 34 heavy (non-hydrogen) atoms. The molecule has 2 aromatic carbocycles. The van der Waals surface area contributed by atoms with Crippen molar-refractivity contribution in [3.8, 4) is 11.5 Å². The third-order valence-corrected chi connectivity index (χ3v) is 4.69. The van der Waals surface area contributed by atoms with E-state index in [1.165, 1.54) is 46.6 Å². The highest BCUT2D eigenvalue weighted by molar-refractivity contribution is 6.29. The average molecular weight is 487 g/mol. The third kappa shape index (κ3) is 6.46. The Balaban J connectivity index is 0.000000310. The Kier molecular flexibility index (Phi) is 9.39. The first-order chi connectivity index (χ1) is 16.2. The van der Waals surface area contributed by atoms with E-state index in [1.54, 1.807) is 36.4 Å². The normalized spacial score (nSPS) is 9.79. The highest BCUT2D eigenvalue weighted by Gasteiger charge is 2.18. The largest absolute Gasteiger partial charge is 0.496 e. The van der Waals surface area contributed by atoms with E-state index in [-0.39, 0.29) is 22.1 Å². The van der Waals surface area contributed by atoms with Gasteiger partial charge >= 0.3 is 11.9 Å². The minimum atomic E-state index is -0.970. The number of hydrogen-bond acceptors (Lipinski definition) is 8. The second-order valence-electron chi connectivity index (χ2n) is 6.62. The Morgan fingerprint density at radius 1 is 0.912 bits per heavy atom. The van der Waals surface area contributed by atoms with Crippen molar-refractivity contribution < 1.29 is 33.7 Å². The number of esters is 1. The molecule has 0 amide bonds. The molecule has 0 radical (unpaired) electrons. The molecule has 0 aliphatic rings. The predicted octanol–water partition coefficient (Wildman–Crippen LogP) is 4.87. The maximum absolute atomic E-state index is 11.8. The number of carboxylic acids is 1. The van der Waals surface area contributed by atoms with Gasteiger partial charge in [-0.25, -0.2) is 14.6 Å². The van der Waals surface area contributed by atoms with Crippen LogP contribution in [0.4, 0.5) is 11.4 Å². The number of aromatic carboxylic acids is 1. The number of anilines is 2. The smallest absolute Gasteiger partial charge is 0.341 e. The number of hydrogen-bond donors (Lipinski definition) is 2. The van der Waals surface area contributed by atoms with Gasteiger partial charge in [-0.3, -0.25) is 4.79 Å². The molecule has 0 aliphatic carbocycles. The van der Waals surface area contributed by atoms with Crippen molar-refractivity contribution in [2.24, 2.45) is 0 Å². The number of rotatable bonds is 7. The molecule has 9 nitrogen and oxygen atoms in total. The molecular formula is C24H23ClN2O7. The molecule has 178 valence electrons. The van der Waals surface area contributed by atoms with E-state index in [4.69, 9.17) is 30.9 Å². The number of halogens is 1. The molecule has 3 rings (SSSR count). The SMILES string of the molecule is COC(=O)c1cccc(Nc2cc(Cl)ncc2C(C)=O)c1OC.COc1ccccc1C(=O)O. The summed E-state index contributed by atoms with van der Waals surface area (Å²) in [4.78, 5) is 37.9. The lowest BCUT2D eigenvalue weighted by Crippen LogP contribution is -2.07. The van der Waals surface area contributed by atoms with Crippen molar-refractivity contribution in [2.75, 3.05) is 26.6 Å².